The van der Waals surface area contributed by atoms with Gasteiger partial charge in [0.15, 0.2) is 0 Å². The number of anilines is 1. The van der Waals surface area contributed by atoms with E-state index in [0.29, 0.717) is 5.82 Å². The zero-order chi connectivity index (χ0) is 8.10. The molecule has 1 rings (SSSR count). The first-order valence-corrected chi connectivity index (χ1v) is 3.67. The second-order valence-corrected chi connectivity index (χ2v) is 2.27. The minimum atomic E-state index is 0.522. The van der Waals surface area contributed by atoms with Crippen molar-refractivity contribution in [3.63, 3.8) is 0 Å². The van der Waals surface area contributed by atoms with Crippen molar-refractivity contribution in [2.24, 2.45) is 0 Å². The number of aromatic nitrogens is 1. The molecule has 0 radical (unpaired) electrons. The monoisotopic (exact) mass is 152 g/mol. The quantitative estimate of drug-likeness (QED) is 0.713. The molecule has 3 nitrogen and oxygen atoms in total. The van der Waals surface area contributed by atoms with Gasteiger partial charge in [0.2, 0.25) is 0 Å². The van der Waals surface area contributed by atoms with Crippen molar-refractivity contribution in [2.75, 3.05) is 12.3 Å². The lowest BCUT2D eigenvalue weighted by molar-refractivity contribution is 0.316. The van der Waals surface area contributed by atoms with E-state index >= 15 is 0 Å². The summed E-state index contributed by atoms with van der Waals surface area (Å²) >= 11 is 0. The van der Waals surface area contributed by atoms with Crippen LogP contribution in [-0.2, 0) is 0 Å². The Morgan fingerprint density at radius 2 is 2.36 bits per heavy atom. The number of hydrogen-bond acceptors (Lipinski definition) is 3. The Morgan fingerprint density at radius 1 is 1.55 bits per heavy atom. The molecule has 0 atom stereocenters. The third-order valence-electron chi connectivity index (χ3n) is 1.23. The van der Waals surface area contributed by atoms with Gasteiger partial charge in [0.05, 0.1) is 12.8 Å². The Morgan fingerprint density at radius 3 is 2.91 bits per heavy atom. The third-order valence-corrected chi connectivity index (χ3v) is 1.23. The number of ether oxygens (including phenoxy) is 1. The molecule has 0 bridgehead atoms. The maximum Gasteiger partial charge on any atom is 0.137 e. The average Bonchev–Trinajstić information content (AvgIpc) is 2.04. The molecule has 0 aliphatic heterocycles. The number of nitrogens with two attached hydrogens (primary N) is 1. The zero-order valence-corrected chi connectivity index (χ0v) is 6.58. The van der Waals surface area contributed by atoms with Gasteiger partial charge >= 0.3 is 0 Å². The van der Waals surface area contributed by atoms with Crippen LogP contribution in [0.25, 0.3) is 0 Å². The predicted molar refractivity (Wildman–Crippen MR) is 44.4 cm³/mol. The van der Waals surface area contributed by atoms with E-state index in [0.717, 1.165) is 18.8 Å². The van der Waals surface area contributed by atoms with E-state index in [1.165, 1.54) is 0 Å². The normalized spacial score (nSPS) is 9.55. The van der Waals surface area contributed by atoms with Crippen molar-refractivity contribution in [3.8, 4) is 5.75 Å². The molecule has 0 fully saturated rings. The molecule has 60 valence electrons. The molecule has 0 amide bonds. The van der Waals surface area contributed by atoms with Gasteiger partial charge in [-0.3, -0.25) is 0 Å². The van der Waals surface area contributed by atoms with Gasteiger partial charge in [0.1, 0.15) is 11.6 Å². The van der Waals surface area contributed by atoms with Gasteiger partial charge in [0.25, 0.3) is 0 Å². The van der Waals surface area contributed by atoms with Crippen molar-refractivity contribution in [1.82, 2.24) is 4.98 Å². The fraction of sp³-hybridized carbons (Fsp3) is 0.375. The van der Waals surface area contributed by atoms with E-state index < -0.39 is 0 Å². The minimum absolute atomic E-state index is 0.522. The van der Waals surface area contributed by atoms with E-state index in [9.17, 15) is 0 Å². The van der Waals surface area contributed by atoms with Crippen LogP contribution in [0.2, 0.25) is 0 Å². The van der Waals surface area contributed by atoms with E-state index in [2.05, 4.69) is 11.9 Å². The summed E-state index contributed by atoms with van der Waals surface area (Å²) < 4.78 is 5.29. The topological polar surface area (TPSA) is 48.1 Å². The molecule has 1 aromatic heterocycles. The largest absolute Gasteiger partial charge is 0.492 e. The molecule has 2 N–H and O–H groups in total. The van der Waals surface area contributed by atoms with Gasteiger partial charge in [-0.15, -0.1) is 0 Å². The standard InChI is InChI=1S/C8H12N2O/c1-2-5-11-7-3-4-8(9)10-6-7/h3-4,6H,2,5H2,1H3,(H2,9,10). The number of nitrogen functional groups attached to an aromatic ring is 1. The Labute approximate surface area is 66.2 Å². The van der Waals surface area contributed by atoms with Crippen molar-refractivity contribution in [2.45, 2.75) is 13.3 Å². The zero-order valence-electron chi connectivity index (χ0n) is 6.58. The van der Waals surface area contributed by atoms with Crippen LogP contribution in [0.1, 0.15) is 13.3 Å². The van der Waals surface area contributed by atoms with E-state index in [-0.39, 0.29) is 0 Å². The van der Waals surface area contributed by atoms with Crippen LogP contribution in [0, 0.1) is 0 Å². The van der Waals surface area contributed by atoms with Crippen molar-refractivity contribution in [3.05, 3.63) is 18.3 Å². The molecule has 0 saturated carbocycles. The number of nitrogens with zero attached hydrogens (tertiary/aromatic N) is 1. The summed E-state index contributed by atoms with van der Waals surface area (Å²) in [6, 6.07) is 3.54. The molecule has 1 heterocycles. The highest BCUT2D eigenvalue weighted by atomic mass is 16.5. The second-order valence-electron chi connectivity index (χ2n) is 2.27. The van der Waals surface area contributed by atoms with Crippen LogP contribution in [-0.4, -0.2) is 11.6 Å². The highest BCUT2D eigenvalue weighted by molar-refractivity contribution is 5.31. The molecule has 11 heavy (non-hydrogen) atoms. The maximum atomic E-state index is 5.39. The van der Waals surface area contributed by atoms with Gasteiger partial charge in [0, 0.05) is 0 Å². The average molecular weight is 152 g/mol. The first-order chi connectivity index (χ1) is 5.33. The first-order valence-electron chi connectivity index (χ1n) is 3.67. The third kappa shape index (κ3) is 2.45. The number of hydrogen-bond donors (Lipinski definition) is 1. The summed E-state index contributed by atoms with van der Waals surface area (Å²) in [6.07, 6.45) is 2.63. The smallest absolute Gasteiger partial charge is 0.137 e. The Bertz CT molecular complexity index is 208. The fourth-order valence-electron chi connectivity index (χ4n) is 0.697. The summed E-state index contributed by atoms with van der Waals surface area (Å²) in [5.74, 6) is 1.30. The van der Waals surface area contributed by atoms with Gasteiger partial charge in [-0.05, 0) is 18.6 Å². The van der Waals surface area contributed by atoms with Crippen LogP contribution in [0.15, 0.2) is 18.3 Å². The molecule has 0 aromatic carbocycles. The Balaban J connectivity index is 2.52. The summed E-state index contributed by atoms with van der Waals surface area (Å²) in [6.45, 7) is 2.79. The van der Waals surface area contributed by atoms with Crippen molar-refractivity contribution < 1.29 is 4.74 Å². The summed E-state index contributed by atoms with van der Waals surface area (Å²) in [5.41, 5.74) is 5.39. The van der Waals surface area contributed by atoms with Gasteiger partial charge in [-0.2, -0.15) is 0 Å². The molecule has 0 unspecified atom stereocenters. The van der Waals surface area contributed by atoms with E-state index in [1.807, 2.05) is 6.07 Å². The van der Waals surface area contributed by atoms with E-state index in [4.69, 9.17) is 10.5 Å². The van der Waals surface area contributed by atoms with Crippen molar-refractivity contribution >= 4 is 5.82 Å². The summed E-state index contributed by atoms with van der Waals surface area (Å²) in [7, 11) is 0. The van der Waals surface area contributed by atoms with Gasteiger partial charge < -0.3 is 10.5 Å². The number of pyridine rings is 1. The molecule has 0 aliphatic rings. The van der Waals surface area contributed by atoms with Crippen LogP contribution >= 0.6 is 0 Å². The fourth-order valence-corrected chi connectivity index (χ4v) is 0.697. The molecule has 3 heteroatoms. The minimum Gasteiger partial charge on any atom is -0.492 e. The van der Waals surface area contributed by atoms with Gasteiger partial charge in [-0.1, -0.05) is 6.92 Å². The highest BCUT2D eigenvalue weighted by Crippen LogP contribution is 2.09. The SMILES string of the molecule is CCCOc1ccc(N)nc1. The molecule has 0 aliphatic carbocycles. The van der Waals surface area contributed by atoms with Crippen LogP contribution in [0.4, 0.5) is 5.82 Å². The molecule has 0 saturated heterocycles. The molecular formula is C8H12N2O. The van der Waals surface area contributed by atoms with Crippen molar-refractivity contribution in [1.29, 1.82) is 0 Å². The van der Waals surface area contributed by atoms with Gasteiger partial charge in [-0.25, -0.2) is 4.98 Å². The first kappa shape index (κ1) is 7.85. The summed E-state index contributed by atoms with van der Waals surface area (Å²) in [4.78, 5) is 3.88. The molecule has 0 spiro atoms. The highest BCUT2D eigenvalue weighted by Gasteiger charge is 1.91. The lowest BCUT2D eigenvalue weighted by Gasteiger charge is -2.02. The molecular weight excluding hydrogens is 140 g/mol. The Hall–Kier alpha value is -1.25. The van der Waals surface area contributed by atoms with Crippen LogP contribution in [0.3, 0.4) is 0 Å². The maximum absolute atomic E-state index is 5.39. The lowest BCUT2D eigenvalue weighted by Crippen LogP contribution is -1.96. The van der Waals surface area contributed by atoms with E-state index in [1.54, 1.807) is 12.3 Å². The summed E-state index contributed by atoms with van der Waals surface area (Å²) in [5, 5.41) is 0. The lowest BCUT2D eigenvalue weighted by atomic mass is 10.4. The molecule has 1 aromatic rings. The van der Waals surface area contributed by atoms with Crippen LogP contribution in [0.5, 0.6) is 5.75 Å². The Kier molecular flexibility index (Phi) is 2.72. The van der Waals surface area contributed by atoms with Crippen LogP contribution < -0.4 is 10.5 Å². The second kappa shape index (κ2) is 3.81. The predicted octanol–water partition coefficient (Wildman–Crippen LogP) is 1.45. The number of rotatable bonds is 3.